The van der Waals surface area contributed by atoms with E-state index < -0.39 is 11.0 Å². The van der Waals surface area contributed by atoms with Crippen LogP contribution in [0.25, 0.3) is 16.4 Å². The highest BCUT2D eigenvalue weighted by Crippen LogP contribution is 2.52. The van der Waals surface area contributed by atoms with Gasteiger partial charge in [-0.05, 0) is 69.0 Å². The van der Waals surface area contributed by atoms with Gasteiger partial charge in [0.15, 0.2) is 0 Å². The Kier molecular flexibility index (Phi) is 9.91. The van der Waals surface area contributed by atoms with E-state index in [-0.39, 0.29) is 18.8 Å². The Bertz CT molecular complexity index is 2000. The zero-order valence-electron chi connectivity index (χ0n) is 30.6. The van der Waals surface area contributed by atoms with E-state index in [0.29, 0.717) is 80.5 Å². The summed E-state index contributed by atoms with van der Waals surface area (Å²) in [6.07, 6.45) is 1.87. The molecule has 4 aromatic rings. The van der Waals surface area contributed by atoms with Crippen molar-refractivity contribution in [3.63, 3.8) is 0 Å². The van der Waals surface area contributed by atoms with E-state index >= 15 is 0 Å². The number of ether oxygens (including phenoxy) is 2. The van der Waals surface area contributed by atoms with Crippen LogP contribution in [0.2, 0.25) is 0 Å². The number of nitrogens with zero attached hydrogens (tertiary/aromatic N) is 8. The van der Waals surface area contributed by atoms with Crippen LogP contribution >= 0.6 is 11.3 Å². The number of rotatable bonds is 6. The molecule has 2 N–H and O–H groups in total. The van der Waals surface area contributed by atoms with E-state index in [9.17, 15) is 9.59 Å². The summed E-state index contributed by atoms with van der Waals surface area (Å²) in [4.78, 5) is 48.4. The van der Waals surface area contributed by atoms with Crippen molar-refractivity contribution in [3.05, 3.63) is 75.8 Å². The van der Waals surface area contributed by atoms with Crippen LogP contribution in [0.3, 0.4) is 0 Å². The van der Waals surface area contributed by atoms with Gasteiger partial charge in [-0.2, -0.15) is 4.98 Å². The largest absolute Gasteiger partial charge is 0.445 e. The lowest BCUT2D eigenvalue weighted by molar-refractivity contribution is 0.0240. The average molecular weight is 740 g/mol. The minimum absolute atomic E-state index is 0.226. The second-order valence-corrected chi connectivity index (χ2v) is 16.0. The first-order chi connectivity index (χ1) is 25.4. The Morgan fingerprint density at radius 3 is 2.34 bits per heavy atom. The van der Waals surface area contributed by atoms with E-state index in [0.717, 1.165) is 46.8 Å². The Labute approximate surface area is 313 Å². The van der Waals surface area contributed by atoms with Crippen molar-refractivity contribution in [2.24, 2.45) is 0 Å². The third-order valence-corrected chi connectivity index (χ3v) is 11.1. The second-order valence-electron chi connectivity index (χ2n) is 14.9. The molecule has 1 aliphatic carbocycles. The van der Waals surface area contributed by atoms with Crippen molar-refractivity contribution < 1.29 is 23.6 Å². The minimum atomic E-state index is -0.656. The topological polar surface area (TPSA) is 148 Å². The van der Waals surface area contributed by atoms with Gasteiger partial charge in [0.25, 0.3) is 0 Å². The molecule has 14 nitrogen and oxygen atoms in total. The Morgan fingerprint density at radius 1 is 0.981 bits per heavy atom. The van der Waals surface area contributed by atoms with Gasteiger partial charge in [-0.3, -0.25) is 0 Å². The number of thiophene rings is 1. The Hall–Kier alpha value is -5.36. The molecule has 2 fully saturated rings. The molecule has 3 aliphatic rings. The summed E-state index contributed by atoms with van der Waals surface area (Å²) in [5.41, 5.74) is 8.81. The first kappa shape index (κ1) is 36.0. The molecule has 1 atom stereocenters. The van der Waals surface area contributed by atoms with Crippen LogP contribution in [0.15, 0.2) is 47.0 Å². The monoisotopic (exact) mass is 739 g/mol. The van der Waals surface area contributed by atoms with E-state index in [1.165, 1.54) is 11.3 Å². The van der Waals surface area contributed by atoms with Crippen molar-refractivity contribution in [2.75, 3.05) is 67.9 Å². The molecule has 3 aromatic heterocycles. The summed E-state index contributed by atoms with van der Waals surface area (Å²) in [7, 11) is 0. The zero-order chi connectivity index (χ0) is 37.3. The van der Waals surface area contributed by atoms with Gasteiger partial charge in [0.05, 0.1) is 17.0 Å². The van der Waals surface area contributed by atoms with Gasteiger partial charge in [0, 0.05) is 64.1 Å². The molecule has 2 amide bonds. The van der Waals surface area contributed by atoms with Gasteiger partial charge in [-0.25, -0.2) is 19.4 Å². The van der Waals surface area contributed by atoms with Gasteiger partial charge in [-0.1, -0.05) is 35.5 Å². The lowest BCUT2D eigenvalue weighted by Gasteiger charge is -2.38. The van der Waals surface area contributed by atoms with E-state index in [2.05, 4.69) is 19.8 Å². The van der Waals surface area contributed by atoms with Gasteiger partial charge >= 0.3 is 12.2 Å². The lowest BCUT2D eigenvalue weighted by atomic mass is 9.73. The summed E-state index contributed by atoms with van der Waals surface area (Å²) in [6.45, 7) is 20.0. The molecule has 0 saturated carbocycles. The number of amides is 2. The number of aromatic nitrogens is 3. The number of benzene rings is 1. The third kappa shape index (κ3) is 7.59. The van der Waals surface area contributed by atoms with Crippen LogP contribution in [0.4, 0.5) is 31.8 Å². The standard InChI is InChI=1S/C38H45N9O5S/c1-37(2,3)51-36(49)47-20-16-45(17-21-47)29-23-26(44-14-18-46(19-15-44)35(48)50-24-25-10-7-6-8-11-25)22-27(41-29)33-42-34(52-43-33)38(4)13-9-12-28-30(38)31(40-5)32(39)53-28/h6-8,10-11,22-23H,9,12-21,24,39H2,1-4H3. The normalized spacial score (nSPS) is 19.1. The molecule has 1 aromatic carbocycles. The van der Waals surface area contributed by atoms with Gasteiger partial charge in [0.2, 0.25) is 17.4 Å². The van der Waals surface area contributed by atoms with E-state index in [1.807, 2.05) is 70.2 Å². The maximum absolute atomic E-state index is 12.9. The van der Waals surface area contributed by atoms with Gasteiger partial charge in [0.1, 0.15) is 23.7 Å². The van der Waals surface area contributed by atoms with Crippen LogP contribution < -0.4 is 15.5 Å². The number of carbonyl (C=O) groups is 2. The number of anilines is 3. The SMILES string of the molecule is [C-]#[N+]c1c(N)sc2c1C(C)(c1nc(-c3cc(N4CCN(C(=O)OCc5ccccc5)CC4)cc(N4CCN(C(=O)OC(C)(C)C)CC4)n3)no1)CCC2. The number of piperazine rings is 2. The van der Waals surface area contributed by atoms with Crippen LogP contribution in [0.1, 0.15) is 62.4 Å². The molecule has 1 unspecified atom stereocenters. The Balaban J connectivity index is 1.13. The maximum atomic E-state index is 12.9. The highest BCUT2D eigenvalue weighted by atomic mass is 32.1. The van der Waals surface area contributed by atoms with Gasteiger partial charge < -0.3 is 39.3 Å². The summed E-state index contributed by atoms with van der Waals surface area (Å²) in [5.74, 6) is 1.50. The molecule has 53 heavy (non-hydrogen) atoms. The first-order valence-corrected chi connectivity index (χ1v) is 18.8. The fourth-order valence-electron chi connectivity index (χ4n) is 7.20. The van der Waals surface area contributed by atoms with Crippen molar-refractivity contribution in [1.82, 2.24) is 24.9 Å². The maximum Gasteiger partial charge on any atom is 0.410 e. The third-order valence-electron chi connectivity index (χ3n) is 10.0. The summed E-state index contributed by atoms with van der Waals surface area (Å²) >= 11 is 1.47. The summed E-state index contributed by atoms with van der Waals surface area (Å²) < 4.78 is 17.2. The number of nitrogen functional groups attached to an aromatic ring is 1. The molecule has 7 rings (SSSR count). The lowest BCUT2D eigenvalue weighted by Crippen LogP contribution is -2.50. The molecule has 5 heterocycles. The van der Waals surface area contributed by atoms with Crippen molar-refractivity contribution in [1.29, 1.82) is 0 Å². The number of aryl methyl sites for hydroxylation is 1. The molecule has 0 spiro atoms. The molecule has 2 aliphatic heterocycles. The Morgan fingerprint density at radius 2 is 1.66 bits per heavy atom. The number of hydrogen-bond donors (Lipinski definition) is 1. The van der Waals surface area contributed by atoms with Crippen molar-refractivity contribution >= 4 is 45.7 Å². The number of carbonyl (C=O) groups excluding carboxylic acids is 2. The van der Waals surface area contributed by atoms with E-state index in [4.69, 9.17) is 36.3 Å². The zero-order valence-corrected chi connectivity index (χ0v) is 31.4. The number of hydrogen-bond acceptors (Lipinski definition) is 12. The van der Waals surface area contributed by atoms with Crippen LogP contribution in [0, 0.1) is 6.57 Å². The smallest absolute Gasteiger partial charge is 0.410 e. The van der Waals surface area contributed by atoms with E-state index in [1.54, 1.807) is 9.80 Å². The fourth-order valence-corrected chi connectivity index (χ4v) is 8.38. The number of fused-ring (bicyclic) bond motifs is 1. The van der Waals surface area contributed by atoms with Crippen molar-refractivity contribution in [3.8, 4) is 11.5 Å². The van der Waals surface area contributed by atoms with Crippen LogP contribution in [-0.2, 0) is 27.9 Å². The second kappa shape index (κ2) is 14.6. The molecular formula is C38H45N9O5S. The predicted molar refractivity (Wildman–Crippen MR) is 202 cm³/mol. The first-order valence-electron chi connectivity index (χ1n) is 18.0. The molecule has 0 radical (unpaired) electrons. The molecule has 15 heteroatoms. The molecule has 0 bridgehead atoms. The number of nitrogens with two attached hydrogens (primary N) is 1. The predicted octanol–water partition coefficient (Wildman–Crippen LogP) is 6.48. The highest BCUT2D eigenvalue weighted by Gasteiger charge is 2.43. The average Bonchev–Trinajstić information content (AvgIpc) is 3.79. The quantitative estimate of drug-likeness (QED) is 0.217. The highest BCUT2D eigenvalue weighted by molar-refractivity contribution is 7.16. The number of pyridine rings is 1. The van der Waals surface area contributed by atoms with Crippen LogP contribution in [-0.4, -0.2) is 95.1 Å². The molecular weight excluding hydrogens is 695 g/mol. The molecule has 2 saturated heterocycles. The molecule has 278 valence electrons. The minimum Gasteiger partial charge on any atom is -0.445 e. The summed E-state index contributed by atoms with van der Waals surface area (Å²) in [6, 6.07) is 13.6. The van der Waals surface area contributed by atoms with Crippen LogP contribution in [0.5, 0.6) is 0 Å². The summed E-state index contributed by atoms with van der Waals surface area (Å²) in [5, 5.41) is 4.96. The fraction of sp³-hybridized carbons (Fsp3) is 0.474. The van der Waals surface area contributed by atoms with Crippen molar-refractivity contribution in [2.45, 2.75) is 64.6 Å². The van der Waals surface area contributed by atoms with Gasteiger partial charge in [-0.15, -0.1) is 11.3 Å².